The van der Waals surface area contributed by atoms with Gasteiger partial charge in [0.25, 0.3) is 0 Å². The number of aliphatic hydroxyl groups excluding tert-OH is 1. The summed E-state index contributed by atoms with van der Waals surface area (Å²) in [6, 6.07) is 0. The molecule has 0 aliphatic rings. The van der Waals surface area contributed by atoms with Gasteiger partial charge in [-0.3, -0.25) is 4.79 Å². The molecule has 0 aliphatic carbocycles. The number of unbranched alkanes of at least 4 members (excludes halogenated alkanes) is 9. The summed E-state index contributed by atoms with van der Waals surface area (Å²) in [5, 5.41) is 18.2. The monoisotopic (exact) mass is 300 g/mol. The Hall–Kier alpha value is -0.570. The van der Waals surface area contributed by atoms with Crippen LogP contribution in [0, 0.1) is 5.92 Å². The second-order valence-electron chi connectivity index (χ2n) is 6.42. The maximum atomic E-state index is 10.3. The number of aliphatic carboxylic acids is 1. The van der Waals surface area contributed by atoms with Crippen LogP contribution in [0.1, 0.15) is 97.3 Å². The molecule has 0 saturated carbocycles. The number of carboxylic acids is 1. The lowest BCUT2D eigenvalue weighted by Crippen LogP contribution is -2.15. The fraction of sp³-hybridized carbons (Fsp3) is 0.944. The Kier molecular flexibility index (Phi) is 14.0. The largest absolute Gasteiger partial charge is 0.481 e. The van der Waals surface area contributed by atoms with Crippen molar-refractivity contribution in [2.75, 3.05) is 0 Å². The molecule has 0 amide bonds. The lowest BCUT2D eigenvalue weighted by atomic mass is 9.95. The van der Waals surface area contributed by atoms with Crippen molar-refractivity contribution >= 4 is 5.97 Å². The van der Waals surface area contributed by atoms with Crippen LogP contribution in [0.5, 0.6) is 0 Å². The molecule has 0 aliphatic heterocycles. The molecule has 0 saturated heterocycles. The summed E-state index contributed by atoms with van der Waals surface area (Å²) in [7, 11) is 0. The van der Waals surface area contributed by atoms with Crippen LogP contribution < -0.4 is 0 Å². The number of rotatable bonds is 15. The Morgan fingerprint density at radius 3 is 1.71 bits per heavy atom. The van der Waals surface area contributed by atoms with Gasteiger partial charge in [0, 0.05) is 6.42 Å². The molecule has 0 fully saturated rings. The first-order valence-electron chi connectivity index (χ1n) is 8.97. The van der Waals surface area contributed by atoms with Crippen molar-refractivity contribution in [3.8, 4) is 0 Å². The highest BCUT2D eigenvalue weighted by atomic mass is 16.4. The van der Waals surface area contributed by atoms with Crippen LogP contribution in [0.4, 0.5) is 0 Å². The van der Waals surface area contributed by atoms with Gasteiger partial charge >= 0.3 is 5.97 Å². The maximum absolute atomic E-state index is 10.3. The van der Waals surface area contributed by atoms with Gasteiger partial charge in [-0.25, -0.2) is 0 Å². The first-order valence-corrected chi connectivity index (χ1v) is 8.97. The lowest BCUT2D eigenvalue weighted by molar-refractivity contribution is -0.137. The highest BCUT2D eigenvalue weighted by Crippen LogP contribution is 2.17. The van der Waals surface area contributed by atoms with Crippen molar-refractivity contribution in [2.45, 2.75) is 103 Å². The lowest BCUT2D eigenvalue weighted by Gasteiger charge is -2.16. The highest BCUT2D eigenvalue weighted by Gasteiger charge is 2.10. The van der Waals surface area contributed by atoms with Crippen LogP contribution >= 0.6 is 0 Å². The number of carbonyl (C=O) groups is 1. The number of hydrogen-bond donors (Lipinski definition) is 2. The van der Waals surface area contributed by atoms with Crippen LogP contribution in [0.25, 0.3) is 0 Å². The zero-order chi connectivity index (χ0) is 15.9. The third-order valence-corrected chi connectivity index (χ3v) is 4.38. The van der Waals surface area contributed by atoms with Gasteiger partial charge in [-0.2, -0.15) is 0 Å². The molecule has 2 atom stereocenters. The average Bonchev–Trinajstić information content (AvgIpc) is 2.46. The van der Waals surface area contributed by atoms with Crippen LogP contribution in [0.3, 0.4) is 0 Å². The Balaban J connectivity index is 3.14. The minimum atomic E-state index is -0.671. The van der Waals surface area contributed by atoms with Gasteiger partial charge in [0.1, 0.15) is 0 Å². The molecule has 0 aromatic heterocycles. The van der Waals surface area contributed by atoms with Gasteiger partial charge in [0.15, 0.2) is 0 Å². The Labute approximate surface area is 131 Å². The summed E-state index contributed by atoms with van der Waals surface area (Å²) in [6.45, 7) is 4.20. The molecule has 0 aromatic rings. The number of hydrogen-bond acceptors (Lipinski definition) is 2. The molecule has 126 valence electrons. The maximum Gasteiger partial charge on any atom is 0.303 e. The Morgan fingerprint density at radius 2 is 1.29 bits per heavy atom. The smallest absolute Gasteiger partial charge is 0.303 e. The molecule has 0 unspecified atom stereocenters. The number of aliphatic hydroxyl groups is 1. The first kappa shape index (κ1) is 20.4. The van der Waals surface area contributed by atoms with Crippen molar-refractivity contribution in [2.24, 2.45) is 5.92 Å². The summed E-state index contributed by atoms with van der Waals surface area (Å²) in [4.78, 5) is 10.3. The molecule has 0 aromatic carbocycles. The number of carboxylic acid groups (broad SMARTS) is 1. The SMILES string of the molecule is CC[C@H](O)[C@H](C)CCCCCCCCCCCCC(=O)O. The Bertz CT molecular complexity index is 241. The van der Waals surface area contributed by atoms with E-state index in [0.29, 0.717) is 12.3 Å². The molecule has 3 heteroatoms. The van der Waals surface area contributed by atoms with E-state index >= 15 is 0 Å². The predicted molar refractivity (Wildman–Crippen MR) is 88.5 cm³/mol. The molecule has 0 heterocycles. The van der Waals surface area contributed by atoms with E-state index in [1.54, 1.807) is 0 Å². The van der Waals surface area contributed by atoms with E-state index in [4.69, 9.17) is 5.11 Å². The second-order valence-corrected chi connectivity index (χ2v) is 6.42. The molecule has 0 spiro atoms. The van der Waals surface area contributed by atoms with Gasteiger partial charge in [-0.15, -0.1) is 0 Å². The van der Waals surface area contributed by atoms with Crippen LogP contribution in [0.15, 0.2) is 0 Å². The normalized spacial score (nSPS) is 14.0. The third-order valence-electron chi connectivity index (χ3n) is 4.38. The molecule has 21 heavy (non-hydrogen) atoms. The molecular weight excluding hydrogens is 264 g/mol. The summed E-state index contributed by atoms with van der Waals surface area (Å²) in [5.74, 6) is -0.225. The van der Waals surface area contributed by atoms with Gasteiger partial charge in [0.05, 0.1) is 6.10 Å². The van der Waals surface area contributed by atoms with Crippen LogP contribution in [-0.2, 0) is 4.79 Å². The van der Waals surface area contributed by atoms with E-state index in [1.165, 1.54) is 51.4 Å². The minimum absolute atomic E-state index is 0.119. The van der Waals surface area contributed by atoms with Gasteiger partial charge in [0.2, 0.25) is 0 Å². The first-order chi connectivity index (χ1) is 10.1. The van der Waals surface area contributed by atoms with E-state index in [2.05, 4.69) is 6.92 Å². The average molecular weight is 300 g/mol. The zero-order valence-corrected chi connectivity index (χ0v) is 14.1. The van der Waals surface area contributed by atoms with E-state index in [-0.39, 0.29) is 6.10 Å². The zero-order valence-electron chi connectivity index (χ0n) is 14.1. The fourth-order valence-corrected chi connectivity index (χ4v) is 2.75. The minimum Gasteiger partial charge on any atom is -0.481 e. The van der Waals surface area contributed by atoms with E-state index in [1.807, 2.05) is 6.92 Å². The van der Waals surface area contributed by atoms with Crippen molar-refractivity contribution < 1.29 is 15.0 Å². The Morgan fingerprint density at radius 1 is 0.857 bits per heavy atom. The quantitative estimate of drug-likeness (QED) is 0.411. The molecular formula is C18H36O3. The highest BCUT2D eigenvalue weighted by molar-refractivity contribution is 5.66. The van der Waals surface area contributed by atoms with Crippen LogP contribution in [-0.4, -0.2) is 22.3 Å². The third kappa shape index (κ3) is 14.1. The molecule has 0 radical (unpaired) electrons. The standard InChI is InChI=1S/C18H36O3/c1-3-17(19)16(2)14-12-10-8-6-4-5-7-9-11-13-15-18(20)21/h16-17,19H,3-15H2,1-2H3,(H,20,21)/t16-,17+/m1/s1. The van der Waals surface area contributed by atoms with E-state index < -0.39 is 5.97 Å². The van der Waals surface area contributed by atoms with E-state index in [0.717, 1.165) is 25.7 Å². The predicted octanol–water partition coefficient (Wildman–Crippen LogP) is 5.16. The molecule has 2 N–H and O–H groups in total. The van der Waals surface area contributed by atoms with E-state index in [9.17, 15) is 9.90 Å². The molecule has 0 bridgehead atoms. The van der Waals surface area contributed by atoms with Crippen molar-refractivity contribution in [3.63, 3.8) is 0 Å². The summed E-state index contributed by atoms with van der Waals surface area (Å²) in [5.41, 5.74) is 0. The van der Waals surface area contributed by atoms with Crippen molar-refractivity contribution in [1.82, 2.24) is 0 Å². The topological polar surface area (TPSA) is 57.5 Å². The summed E-state index contributed by atoms with van der Waals surface area (Å²) in [6.07, 6.45) is 14.3. The van der Waals surface area contributed by atoms with Crippen molar-refractivity contribution in [1.29, 1.82) is 0 Å². The second kappa shape index (κ2) is 14.4. The van der Waals surface area contributed by atoms with Crippen molar-refractivity contribution in [3.05, 3.63) is 0 Å². The molecule has 0 rings (SSSR count). The van der Waals surface area contributed by atoms with Gasteiger partial charge in [-0.05, 0) is 25.2 Å². The molecule has 3 nitrogen and oxygen atoms in total. The van der Waals surface area contributed by atoms with Gasteiger partial charge in [-0.1, -0.05) is 71.6 Å². The fourth-order valence-electron chi connectivity index (χ4n) is 2.75. The summed E-state index contributed by atoms with van der Waals surface area (Å²) < 4.78 is 0. The summed E-state index contributed by atoms with van der Waals surface area (Å²) >= 11 is 0. The van der Waals surface area contributed by atoms with Crippen LogP contribution in [0.2, 0.25) is 0 Å². The van der Waals surface area contributed by atoms with Gasteiger partial charge < -0.3 is 10.2 Å².